The number of hydrogen-bond acceptors (Lipinski definition) is 2. The number of nitrogens with zero attached hydrogens (tertiary/aromatic N) is 1. The lowest BCUT2D eigenvalue weighted by atomic mass is 10.0. The highest BCUT2D eigenvalue weighted by molar-refractivity contribution is 6.33. The standard InChI is InChI=1S/C26H25ClN2O/c27-25-11-5-4-10-22(25)18-24(21-8-2-1-3-9-21)26(30)28-19-20-12-14-23(15-13-20)29-16-6-7-17-29/h1-5,8-15,18H,6-7,16-17,19H2,(H,28,30)/b24-18+. The van der Waals surface area contributed by atoms with Crippen molar-refractivity contribution < 1.29 is 4.79 Å². The number of hydrogen-bond donors (Lipinski definition) is 1. The maximum Gasteiger partial charge on any atom is 0.252 e. The van der Waals surface area contributed by atoms with Crippen LogP contribution in [-0.4, -0.2) is 19.0 Å². The molecule has 1 aliphatic rings. The maximum absolute atomic E-state index is 13.1. The van der Waals surface area contributed by atoms with Crippen LogP contribution in [0.4, 0.5) is 5.69 Å². The zero-order chi connectivity index (χ0) is 20.8. The molecule has 1 amide bonds. The van der Waals surface area contributed by atoms with Gasteiger partial charge in [-0.25, -0.2) is 0 Å². The normalized spacial score (nSPS) is 14.0. The van der Waals surface area contributed by atoms with Crippen molar-refractivity contribution in [1.82, 2.24) is 5.32 Å². The van der Waals surface area contributed by atoms with E-state index in [0.717, 1.165) is 29.8 Å². The molecule has 30 heavy (non-hydrogen) atoms. The van der Waals surface area contributed by atoms with Crippen molar-refractivity contribution in [2.75, 3.05) is 18.0 Å². The van der Waals surface area contributed by atoms with Crippen LogP contribution in [0, 0.1) is 0 Å². The van der Waals surface area contributed by atoms with Crippen LogP contribution in [0.25, 0.3) is 11.6 Å². The molecule has 3 nitrogen and oxygen atoms in total. The van der Waals surface area contributed by atoms with Gasteiger partial charge in [-0.3, -0.25) is 4.79 Å². The average molecular weight is 417 g/mol. The summed E-state index contributed by atoms with van der Waals surface area (Å²) in [5, 5.41) is 3.68. The second-order valence-corrected chi connectivity index (χ2v) is 7.90. The van der Waals surface area contributed by atoms with Crippen molar-refractivity contribution in [3.05, 3.63) is 101 Å². The van der Waals surface area contributed by atoms with E-state index in [2.05, 4.69) is 34.5 Å². The number of anilines is 1. The summed E-state index contributed by atoms with van der Waals surface area (Å²) >= 11 is 6.32. The molecule has 4 rings (SSSR count). The summed E-state index contributed by atoms with van der Waals surface area (Å²) in [6.45, 7) is 2.73. The first-order valence-electron chi connectivity index (χ1n) is 10.3. The molecular formula is C26H25ClN2O. The average Bonchev–Trinajstić information content (AvgIpc) is 3.33. The predicted molar refractivity (Wildman–Crippen MR) is 126 cm³/mol. The van der Waals surface area contributed by atoms with Crippen molar-refractivity contribution in [3.63, 3.8) is 0 Å². The number of carbonyl (C=O) groups is 1. The minimum absolute atomic E-state index is 0.121. The first kappa shape index (κ1) is 20.2. The van der Waals surface area contributed by atoms with E-state index in [9.17, 15) is 4.79 Å². The molecule has 152 valence electrons. The third kappa shape index (κ3) is 4.92. The van der Waals surface area contributed by atoms with Gasteiger partial charge in [-0.05, 0) is 53.8 Å². The summed E-state index contributed by atoms with van der Waals surface area (Å²) in [5.41, 5.74) is 4.61. The Kier molecular flexibility index (Phi) is 6.50. The van der Waals surface area contributed by atoms with E-state index in [4.69, 9.17) is 11.6 Å². The third-order valence-electron chi connectivity index (χ3n) is 5.40. The Balaban J connectivity index is 1.50. The second-order valence-electron chi connectivity index (χ2n) is 7.49. The van der Waals surface area contributed by atoms with Gasteiger partial charge < -0.3 is 10.2 Å². The number of nitrogens with one attached hydrogen (secondary N) is 1. The zero-order valence-electron chi connectivity index (χ0n) is 16.9. The summed E-state index contributed by atoms with van der Waals surface area (Å²) in [6, 6.07) is 25.7. The molecule has 1 N–H and O–H groups in total. The van der Waals surface area contributed by atoms with E-state index >= 15 is 0 Å². The topological polar surface area (TPSA) is 32.3 Å². The number of carbonyl (C=O) groups excluding carboxylic acids is 1. The van der Waals surface area contributed by atoms with Crippen LogP contribution >= 0.6 is 11.6 Å². The molecule has 3 aromatic carbocycles. The van der Waals surface area contributed by atoms with E-state index in [-0.39, 0.29) is 5.91 Å². The summed E-state index contributed by atoms with van der Waals surface area (Å²) in [4.78, 5) is 15.5. The summed E-state index contributed by atoms with van der Waals surface area (Å²) in [5.74, 6) is -0.121. The van der Waals surface area contributed by atoms with Crippen molar-refractivity contribution in [2.24, 2.45) is 0 Å². The van der Waals surface area contributed by atoms with Gasteiger partial charge in [-0.1, -0.05) is 72.3 Å². The minimum Gasteiger partial charge on any atom is -0.372 e. The SMILES string of the molecule is O=C(NCc1ccc(N2CCCC2)cc1)/C(=C/c1ccccc1Cl)c1ccccc1. The molecule has 0 unspecified atom stereocenters. The molecule has 1 fully saturated rings. The molecule has 0 spiro atoms. The lowest BCUT2D eigenvalue weighted by molar-refractivity contribution is -0.115. The number of amides is 1. The smallest absolute Gasteiger partial charge is 0.252 e. The van der Waals surface area contributed by atoms with E-state index in [1.165, 1.54) is 18.5 Å². The van der Waals surface area contributed by atoms with Crippen LogP contribution in [0.5, 0.6) is 0 Å². The molecule has 1 heterocycles. The van der Waals surface area contributed by atoms with Crippen LogP contribution in [0.3, 0.4) is 0 Å². The number of benzene rings is 3. The third-order valence-corrected chi connectivity index (χ3v) is 5.74. The molecule has 4 heteroatoms. The van der Waals surface area contributed by atoms with Crippen LogP contribution < -0.4 is 10.2 Å². The first-order valence-corrected chi connectivity index (χ1v) is 10.7. The fraction of sp³-hybridized carbons (Fsp3) is 0.192. The van der Waals surface area contributed by atoms with Gasteiger partial charge in [-0.15, -0.1) is 0 Å². The Morgan fingerprint density at radius 1 is 0.900 bits per heavy atom. The van der Waals surface area contributed by atoms with E-state index in [1.807, 2.05) is 60.7 Å². The molecular weight excluding hydrogens is 392 g/mol. The Morgan fingerprint density at radius 3 is 2.27 bits per heavy atom. The summed E-state index contributed by atoms with van der Waals surface area (Å²) in [7, 11) is 0. The minimum atomic E-state index is -0.121. The monoisotopic (exact) mass is 416 g/mol. The van der Waals surface area contributed by atoms with Crippen molar-refractivity contribution >= 4 is 34.8 Å². The molecule has 0 atom stereocenters. The molecule has 0 aromatic heterocycles. The van der Waals surface area contributed by atoms with E-state index in [1.54, 1.807) is 0 Å². The largest absolute Gasteiger partial charge is 0.372 e. The molecule has 0 aliphatic carbocycles. The highest BCUT2D eigenvalue weighted by Gasteiger charge is 2.14. The Labute approximate surface area is 183 Å². The van der Waals surface area contributed by atoms with Crippen LogP contribution in [0.1, 0.15) is 29.5 Å². The highest BCUT2D eigenvalue weighted by atomic mass is 35.5. The fourth-order valence-electron chi connectivity index (χ4n) is 3.72. The van der Waals surface area contributed by atoms with Gasteiger partial charge in [0.05, 0.1) is 0 Å². The molecule has 0 radical (unpaired) electrons. The Bertz CT molecular complexity index is 1020. The van der Waals surface area contributed by atoms with Gasteiger partial charge in [0.25, 0.3) is 5.91 Å². The van der Waals surface area contributed by atoms with Crippen molar-refractivity contribution in [1.29, 1.82) is 0 Å². The van der Waals surface area contributed by atoms with E-state index in [0.29, 0.717) is 17.1 Å². The van der Waals surface area contributed by atoms with Gasteiger partial charge in [0.15, 0.2) is 0 Å². The summed E-state index contributed by atoms with van der Waals surface area (Å²) < 4.78 is 0. The lowest BCUT2D eigenvalue weighted by Crippen LogP contribution is -2.24. The van der Waals surface area contributed by atoms with Gasteiger partial charge in [0, 0.05) is 35.9 Å². The van der Waals surface area contributed by atoms with Crippen molar-refractivity contribution in [2.45, 2.75) is 19.4 Å². The summed E-state index contributed by atoms with van der Waals surface area (Å²) in [6.07, 6.45) is 4.37. The molecule has 3 aromatic rings. The van der Waals surface area contributed by atoms with Crippen molar-refractivity contribution in [3.8, 4) is 0 Å². The van der Waals surface area contributed by atoms with Crippen LogP contribution in [0.15, 0.2) is 78.9 Å². The number of rotatable bonds is 6. The van der Waals surface area contributed by atoms with Crippen LogP contribution in [0.2, 0.25) is 5.02 Å². The quantitative estimate of drug-likeness (QED) is 0.407. The zero-order valence-corrected chi connectivity index (χ0v) is 17.6. The Hall–Kier alpha value is -3.04. The predicted octanol–water partition coefficient (Wildman–Crippen LogP) is 5.80. The van der Waals surface area contributed by atoms with E-state index < -0.39 is 0 Å². The van der Waals surface area contributed by atoms with Gasteiger partial charge in [-0.2, -0.15) is 0 Å². The highest BCUT2D eigenvalue weighted by Crippen LogP contribution is 2.24. The molecule has 1 saturated heterocycles. The molecule has 0 bridgehead atoms. The fourth-order valence-corrected chi connectivity index (χ4v) is 3.91. The number of halogens is 1. The first-order chi connectivity index (χ1) is 14.7. The Morgan fingerprint density at radius 2 is 1.57 bits per heavy atom. The van der Waals surface area contributed by atoms with Gasteiger partial charge >= 0.3 is 0 Å². The molecule has 0 saturated carbocycles. The lowest BCUT2D eigenvalue weighted by Gasteiger charge is -2.18. The second kappa shape index (κ2) is 9.64. The van der Waals surface area contributed by atoms with Crippen LogP contribution in [-0.2, 0) is 11.3 Å². The molecule has 1 aliphatic heterocycles. The van der Waals surface area contributed by atoms with Gasteiger partial charge in [0.1, 0.15) is 0 Å². The van der Waals surface area contributed by atoms with Gasteiger partial charge in [0.2, 0.25) is 0 Å². The maximum atomic E-state index is 13.1.